The van der Waals surface area contributed by atoms with Gasteiger partial charge in [0.1, 0.15) is 4.90 Å². The highest BCUT2D eigenvalue weighted by atomic mass is 32.2. The number of fused-ring (bicyclic) bond motifs is 1. The summed E-state index contributed by atoms with van der Waals surface area (Å²) in [5.41, 5.74) is 2.29. The Morgan fingerprint density at radius 2 is 1.96 bits per heavy atom. The second kappa shape index (κ2) is 5.98. The van der Waals surface area contributed by atoms with Crippen LogP contribution in [-0.4, -0.2) is 35.5 Å². The minimum Gasteiger partial charge on any atom is -0.388 e. The number of nitrogens with one attached hydrogen (secondary N) is 1. The molecule has 130 valence electrons. The van der Waals surface area contributed by atoms with E-state index in [1.165, 1.54) is 5.56 Å². The van der Waals surface area contributed by atoms with E-state index in [0.29, 0.717) is 24.2 Å². The fourth-order valence-corrected chi connectivity index (χ4v) is 4.93. The maximum Gasteiger partial charge on any atom is 0.244 e. The summed E-state index contributed by atoms with van der Waals surface area (Å²) in [5.74, 6) is 0. The van der Waals surface area contributed by atoms with Crippen molar-refractivity contribution in [3.63, 3.8) is 0 Å². The number of nitrogens with zero attached hydrogens (tertiary/aromatic N) is 2. The SMILES string of the molecule is Cc1nn(C)c(C)c1S(=O)(=O)NC[C@@]1(O)CCc2ccccc2C1. The molecule has 3 rings (SSSR count). The summed E-state index contributed by atoms with van der Waals surface area (Å²) in [7, 11) is -1.99. The predicted molar refractivity (Wildman–Crippen MR) is 91.3 cm³/mol. The Bertz CT molecular complexity index is 873. The van der Waals surface area contributed by atoms with Crippen molar-refractivity contribution in [2.75, 3.05) is 6.54 Å². The van der Waals surface area contributed by atoms with Crippen molar-refractivity contribution in [2.24, 2.45) is 7.05 Å². The molecule has 1 aliphatic carbocycles. The first-order valence-electron chi connectivity index (χ1n) is 8.01. The number of aryl methyl sites for hydroxylation is 3. The van der Waals surface area contributed by atoms with Crippen molar-refractivity contribution in [1.82, 2.24) is 14.5 Å². The molecule has 1 atom stereocenters. The monoisotopic (exact) mass is 349 g/mol. The van der Waals surface area contributed by atoms with E-state index >= 15 is 0 Å². The van der Waals surface area contributed by atoms with Gasteiger partial charge in [-0.1, -0.05) is 24.3 Å². The first-order valence-corrected chi connectivity index (χ1v) is 9.49. The summed E-state index contributed by atoms with van der Waals surface area (Å²) < 4.78 is 29.4. The van der Waals surface area contributed by atoms with Crippen LogP contribution in [0.4, 0.5) is 0 Å². The zero-order chi connectivity index (χ0) is 17.5. The van der Waals surface area contributed by atoms with Gasteiger partial charge in [-0.25, -0.2) is 13.1 Å². The molecule has 0 saturated carbocycles. The van der Waals surface area contributed by atoms with Crippen LogP contribution in [0.5, 0.6) is 0 Å². The van der Waals surface area contributed by atoms with Crippen LogP contribution in [0.2, 0.25) is 0 Å². The maximum atomic E-state index is 12.6. The van der Waals surface area contributed by atoms with Crippen LogP contribution in [0.25, 0.3) is 0 Å². The third-order valence-electron chi connectivity index (χ3n) is 4.80. The van der Waals surface area contributed by atoms with Gasteiger partial charge in [-0.3, -0.25) is 4.68 Å². The van der Waals surface area contributed by atoms with E-state index in [9.17, 15) is 13.5 Å². The summed E-state index contributed by atoms with van der Waals surface area (Å²) >= 11 is 0. The van der Waals surface area contributed by atoms with Gasteiger partial charge in [0, 0.05) is 20.0 Å². The second-order valence-electron chi connectivity index (χ2n) is 6.62. The molecule has 1 aromatic heterocycles. The lowest BCUT2D eigenvalue weighted by molar-refractivity contribution is 0.0317. The first kappa shape index (κ1) is 17.1. The van der Waals surface area contributed by atoms with Crippen LogP contribution in [0.1, 0.15) is 28.9 Å². The Morgan fingerprint density at radius 1 is 1.29 bits per heavy atom. The highest BCUT2D eigenvalue weighted by Gasteiger charge is 2.34. The average Bonchev–Trinajstić information content (AvgIpc) is 2.79. The van der Waals surface area contributed by atoms with E-state index in [-0.39, 0.29) is 11.4 Å². The lowest BCUT2D eigenvalue weighted by Gasteiger charge is -2.33. The smallest absolute Gasteiger partial charge is 0.244 e. The van der Waals surface area contributed by atoms with Crippen LogP contribution in [0.3, 0.4) is 0 Å². The summed E-state index contributed by atoms with van der Waals surface area (Å²) in [6.07, 6.45) is 1.74. The van der Waals surface area contributed by atoms with E-state index in [1.807, 2.05) is 18.2 Å². The Morgan fingerprint density at radius 3 is 2.58 bits per heavy atom. The number of hydrogen-bond donors (Lipinski definition) is 2. The average molecular weight is 349 g/mol. The first-order chi connectivity index (χ1) is 11.2. The third kappa shape index (κ3) is 3.11. The number of sulfonamides is 1. The molecule has 7 heteroatoms. The third-order valence-corrected chi connectivity index (χ3v) is 6.45. The van der Waals surface area contributed by atoms with Gasteiger partial charge in [0.2, 0.25) is 10.0 Å². The topological polar surface area (TPSA) is 84.2 Å². The van der Waals surface area contributed by atoms with E-state index in [1.54, 1.807) is 25.6 Å². The molecule has 2 aromatic rings. The molecule has 0 fully saturated rings. The zero-order valence-corrected chi connectivity index (χ0v) is 15.0. The number of rotatable bonds is 4. The van der Waals surface area contributed by atoms with Crippen LogP contribution >= 0.6 is 0 Å². The van der Waals surface area contributed by atoms with Gasteiger partial charge < -0.3 is 5.11 Å². The van der Waals surface area contributed by atoms with Gasteiger partial charge >= 0.3 is 0 Å². The maximum absolute atomic E-state index is 12.6. The largest absolute Gasteiger partial charge is 0.388 e. The zero-order valence-electron chi connectivity index (χ0n) is 14.2. The van der Waals surface area contributed by atoms with Gasteiger partial charge in [0.15, 0.2) is 0 Å². The summed E-state index contributed by atoms with van der Waals surface area (Å²) in [5, 5.41) is 15.0. The molecule has 0 radical (unpaired) electrons. The van der Waals surface area contributed by atoms with Gasteiger partial charge in [-0.05, 0) is 37.8 Å². The van der Waals surface area contributed by atoms with Gasteiger partial charge in [0.05, 0.1) is 17.0 Å². The van der Waals surface area contributed by atoms with Crippen molar-refractivity contribution < 1.29 is 13.5 Å². The molecule has 0 unspecified atom stereocenters. The van der Waals surface area contributed by atoms with E-state index in [0.717, 1.165) is 12.0 Å². The highest BCUT2D eigenvalue weighted by Crippen LogP contribution is 2.29. The Hall–Kier alpha value is -1.70. The molecule has 2 N–H and O–H groups in total. The van der Waals surface area contributed by atoms with Gasteiger partial charge in [-0.15, -0.1) is 0 Å². The lowest BCUT2D eigenvalue weighted by Crippen LogP contribution is -2.46. The fraction of sp³-hybridized carbons (Fsp3) is 0.471. The van der Waals surface area contributed by atoms with Gasteiger partial charge in [0.25, 0.3) is 0 Å². The summed E-state index contributed by atoms with van der Waals surface area (Å²) in [6.45, 7) is 3.39. The predicted octanol–water partition coefficient (Wildman–Crippen LogP) is 1.24. The van der Waals surface area contributed by atoms with Crippen LogP contribution < -0.4 is 4.72 Å². The van der Waals surface area contributed by atoms with E-state index in [2.05, 4.69) is 15.9 Å². The van der Waals surface area contributed by atoms with E-state index in [4.69, 9.17) is 0 Å². The standard InChI is InChI=1S/C17H23N3O3S/c1-12-16(13(2)20(3)19-12)24(22,23)18-11-17(21)9-8-14-6-4-5-7-15(14)10-17/h4-7,18,21H,8-11H2,1-3H3/t17-/m1/s1. The number of benzene rings is 1. The molecular weight excluding hydrogens is 326 g/mol. The molecule has 1 heterocycles. The van der Waals surface area contributed by atoms with Crippen molar-refractivity contribution >= 4 is 10.0 Å². The molecule has 0 spiro atoms. The van der Waals surface area contributed by atoms with Crippen LogP contribution in [0, 0.1) is 13.8 Å². The molecule has 6 nitrogen and oxygen atoms in total. The van der Waals surface area contributed by atoms with Crippen LogP contribution in [0.15, 0.2) is 29.2 Å². The second-order valence-corrected chi connectivity index (χ2v) is 8.32. The Labute approximate surface area is 142 Å². The molecule has 24 heavy (non-hydrogen) atoms. The molecule has 0 saturated heterocycles. The minimum atomic E-state index is -3.71. The molecule has 1 aromatic carbocycles. The number of hydrogen-bond acceptors (Lipinski definition) is 4. The van der Waals surface area contributed by atoms with Crippen molar-refractivity contribution in [1.29, 1.82) is 0 Å². The van der Waals surface area contributed by atoms with Gasteiger partial charge in [-0.2, -0.15) is 5.10 Å². The van der Waals surface area contributed by atoms with Crippen molar-refractivity contribution in [2.45, 2.75) is 43.6 Å². The Balaban J connectivity index is 1.78. The van der Waals surface area contributed by atoms with Crippen LogP contribution in [-0.2, 0) is 29.9 Å². The highest BCUT2D eigenvalue weighted by molar-refractivity contribution is 7.89. The molecule has 0 aliphatic heterocycles. The van der Waals surface area contributed by atoms with Crippen molar-refractivity contribution in [3.8, 4) is 0 Å². The number of aromatic nitrogens is 2. The summed E-state index contributed by atoms with van der Waals surface area (Å²) in [4.78, 5) is 0.199. The fourth-order valence-electron chi connectivity index (χ4n) is 3.38. The summed E-state index contributed by atoms with van der Waals surface area (Å²) in [6, 6.07) is 7.97. The molecule has 1 aliphatic rings. The minimum absolute atomic E-state index is 0.00254. The molecule has 0 bridgehead atoms. The number of aliphatic hydroxyl groups is 1. The Kier molecular flexibility index (Phi) is 4.27. The lowest BCUT2D eigenvalue weighted by atomic mass is 9.80. The van der Waals surface area contributed by atoms with E-state index < -0.39 is 15.6 Å². The quantitative estimate of drug-likeness (QED) is 0.870. The molecular formula is C17H23N3O3S. The molecule has 0 amide bonds. The van der Waals surface area contributed by atoms with Crippen molar-refractivity contribution in [3.05, 3.63) is 46.8 Å². The normalized spacial score (nSPS) is 20.8.